The van der Waals surface area contributed by atoms with Gasteiger partial charge >= 0.3 is 0 Å². The normalized spacial score (nSPS) is 18.6. The summed E-state index contributed by atoms with van der Waals surface area (Å²) in [5, 5.41) is 14.8. The summed E-state index contributed by atoms with van der Waals surface area (Å²) in [5.41, 5.74) is 1.83. The Labute approximate surface area is 119 Å². The molecule has 3 nitrogen and oxygen atoms in total. The highest BCUT2D eigenvalue weighted by atomic mass is 16.5. The number of nitrogens with one attached hydrogen (secondary N) is 1. The van der Waals surface area contributed by atoms with Crippen LogP contribution >= 0.6 is 0 Å². The van der Waals surface area contributed by atoms with Crippen LogP contribution in [0.1, 0.15) is 18.4 Å². The lowest BCUT2D eigenvalue weighted by Gasteiger charge is -2.23. The van der Waals surface area contributed by atoms with Crippen molar-refractivity contribution in [3.05, 3.63) is 42.0 Å². The van der Waals surface area contributed by atoms with Crippen LogP contribution in [0.4, 0.5) is 5.69 Å². The van der Waals surface area contributed by atoms with Gasteiger partial charge in [0.15, 0.2) is 0 Å². The summed E-state index contributed by atoms with van der Waals surface area (Å²) in [6.07, 6.45) is 2.38. The third-order valence-corrected chi connectivity index (χ3v) is 3.88. The fourth-order valence-electron chi connectivity index (χ4n) is 2.77. The maximum Gasteiger partial charge on any atom is 0.0998 e. The molecule has 1 unspecified atom stereocenters. The monoisotopic (exact) mass is 266 g/mol. The van der Waals surface area contributed by atoms with E-state index in [-0.39, 0.29) is 0 Å². The van der Waals surface area contributed by atoms with Crippen LogP contribution in [0, 0.1) is 17.2 Å². The smallest absolute Gasteiger partial charge is 0.0998 e. The number of nitrogens with zero attached hydrogens (tertiary/aromatic N) is 1. The highest BCUT2D eigenvalue weighted by molar-refractivity contribution is 5.97. The number of anilines is 1. The number of ether oxygens (including phenoxy) is 1. The van der Waals surface area contributed by atoms with Crippen molar-refractivity contribution < 1.29 is 4.74 Å². The van der Waals surface area contributed by atoms with Crippen LogP contribution < -0.4 is 5.32 Å². The van der Waals surface area contributed by atoms with E-state index in [4.69, 9.17) is 4.74 Å². The molecular formula is C17H18N2O. The van der Waals surface area contributed by atoms with E-state index in [1.165, 1.54) is 6.42 Å². The molecule has 3 rings (SSSR count). The van der Waals surface area contributed by atoms with Crippen molar-refractivity contribution in [3.8, 4) is 6.07 Å². The highest BCUT2D eigenvalue weighted by Gasteiger charge is 2.14. The molecule has 1 heterocycles. The predicted octanol–water partition coefficient (Wildman–Crippen LogP) is 3.55. The van der Waals surface area contributed by atoms with Crippen molar-refractivity contribution in [2.45, 2.75) is 12.8 Å². The second kappa shape index (κ2) is 5.94. The number of hydrogen-bond acceptors (Lipinski definition) is 3. The molecule has 1 saturated heterocycles. The van der Waals surface area contributed by atoms with Crippen molar-refractivity contribution in [1.29, 1.82) is 5.26 Å². The maximum atomic E-state index is 9.17. The lowest BCUT2D eigenvalue weighted by molar-refractivity contribution is 0.0595. The Morgan fingerprint density at radius 3 is 2.80 bits per heavy atom. The molecule has 1 aliphatic rings. The summed E-state index contributed by atoms with van der Waals surface area (Å²) in [6, 6.07) is 14.2. The summed E-state index contributed by atoms with van der Waals surface area (Å²) < 4.78 is 5.51. The zero-order valence-electron chi connectivity index (χ0n) is 11.4. The van der Waals surface area contributed by atoms with E-state index >= 15 is 0 Å². The third-order valence-electron chi connectivity index (χ3n) is 3.88. The topological polar surface area (TPSA) is 45.0 Å². The Balaban J connectivity index is 1.83. The zero-order valence-corrected chi connectivity index (χ0v) is 11.4. The molecule has 102 valence electrons. The third kappa shape index (κ3) is 2.61. The number of benzene rings is 2. The van der Waals surface area contributed by atoms with Crippen LogP contribution in [0.2, 0.25) is 0 Å². The van der Waals surface area contributed by atoms with Crippen LogP contribution in [0.15, 0.2) is 36.4 Å². The quantitative estimate of drug-likeness (QED) is 0.924. The van der Waals surface area contributed by atoms with Gasteiger partial charge in [-0.05, 0) is 30.9 Å². The van der Waals surface area contributed by atoms with E-state index in [1.54, 1.807) is 0 Å². The van der Waals surface area contributed by atoms with E-state index in [0.717, 1.165) is 48.2 Å². The SMILES string of the molecule is N#Cc1ccc(NCC2CCCOC2)c2ccccc12. The van der Waals surface area contributed by atoms with Crippen molar-refractivity contribution in [2.75, 3.05) is 25.1 Å². The standard InChI is InChI=1S/C17H18N2O/c18-10-14-7-8-17(16-6-2-1-5-15(14)16)19-11-13-4-3-9-20-12-13/h1-2,5-8,13,19H,3-4,9,11-12H2. The summed E-state index contributed by atoms with van der Waals surface area (Å²) in [6.45, 7) is 2.67. The average Bonchev–Trinajstić information content (AvgIpc) is 2.53. The van der Waals surface area contributed by atoms with Crippen LogP contribution in [0.3, 0.4) is 0 Å². The predicted molar refractivity (Wildman–Crippen MR) is 80.7 cm³/mol. The van der Waals surface area contributed by atoms with Gasteiger partial charge in [-0.2, -0.15) is 5.26 Å². The van der Waals surface area contributed by atoms with Gasteiger partial charge in [-0.25, -0.2) is 0 Å². The summed E-state index contributed by atoms with van der Waals surface area (Å²) in [7, 11) is 0. The first-order valence-electron chi connectivity index (χ1n) is 7.12. The molecule has 0 bridgehead atoms. The van der Waals surface area contributed by atoms with Gasteiger partial charge in [0.05, 0.1) is 18.2 Å². The van der Waals surface area contributed by atoms with Crippen LogP contribution in [-0.4, -0.2) is 19.8 Å². The minimum absolute atomic E-state index is 0.582. The van der Waals surface area contributed by atoms with Gasteiger partial charge in [-0.3, -0.25) is 0 Å². The summed E-state index contributed by atoms with van der Waals surface area (Å²) >= 11 is 0. The largest absolute Gasteiger partial charge is 0.384 e. The molecule has 0 amide bonds. The van der Waals surface area contributed by atoms with Crippen LogP contribution in [0.5, 0.6) is 0 Å². The van der Waals surface area contributed by atoms with E-state index in [0.29, 0.717) is 5.92 Å². The molecule has 1 aliphatic heterocycles. The second-order valence-corrected chi connectivity index (χ2v) is 5.28. The van der Waals surface area contributed by atoms with Gasteiger partial charge in [0.25, 0.3) is 0 Å². The van der Waals surface area contributed by atoms with Crippen molar-refractivity contribution in [1.82, 2.24) is 0 Å². The molecule has 1 fully saturated rings. The number of nitriles is 1. The zero-order chi connectivity index (χ0) is 13.8. The highest BCUT2D eigenvalue weighted by Crippen LogP contribution is 2.27. The lowest BCUT2D eigenvalue weighted by atomic mass is 10.0. The van der Waals surface area contributed by atoms with Gasteiger partial charge in [0.1, 0.15) is 0 Å². The minimum Gasteiger partial charge on any atom is -0.384 e. The van der Waals surface area contributed by atoms with E-state index in [1.807, 2.05) is 30.3 Å². The molecule has 2 aromatic rings. The molecule has 0 saturated carbocycles. The van der Waals surface area contributed by atoms with Crippen LogP contribution in [0.25, 0.3) is 10.8 Å². The molecular weight excluding hydrogens is 248 g/mol. The minimum atomic E-state index is 0.582. The maximum absolute atomic E-state index is 9.17. The van der Waals surface area contributed by atoms with Crippen LogP contribution in [-0.2, 0) is 4.74 Å². The Kier molecular flexibility index (Phi) is 3.85. The Bertz CT molecular complexity index is 639. The second-order valence-electron chi connectivity index (χ2n) is 5.28. The van der Waals surface area contributed by atoms with E-state index < -0.39 is 0 Å². The van der Waals surface area contributed by atoms with Gasteiger partial charge in [0.2, 0.25) is 0 Å². The van der Waals surface area contributed by atoms with E-state index in [9.17, 15) is 5.26 Å². The van der Waals surface area contributed by atoms with Gasteiger partial charge in [0, 0.05) is 29.6 Å². The van der Waals surface area contributed by atoms with E-state index in [2.05, 4.69) is 17.5 Å². The molecule has 0 aliphatic carbocycles. The first-order chi connectivity index (χ1) is 9.88. The van der Waals surface area contributed by atoms with Crippen molar-refractivity contribution in [3.63, 3.8) is 0 Å². The lowest BCUT2D eigenvalue weighted by Crippen LogP contribution is -2.24. The number of rotatable bonds is 3. The van der Waals surface area contributed by atoms with Gasteiger partial charge in [-0.15, -0.1) is 0 Å². The van der Waals surface area contributed by atoms with Gasteiger partial charge < -0.3 is 10.1 Å². The van der Waals surface area contributed by atoms with Crippen molar-refractivity contribution >= 4 is 16.5 Å². The molecule has 0 radical (unpaired) electrons. The average molecular weight is 266 g/mol. The Hall–Kier alpha value is -2.05. The molecule has 1 N–H and O–H groups in total. The molecule has 3 heteroatoms. The molecule has 0 aromatic heterocycles. The number of fused-ring (bicyclic) bond motifs is 1. The number of hydrogen-bond donors (Lipinski definition) is 1. The first-order valence-corrected chi connectivity index (χ1v) is 7.12. The first kappa shape index (κ1) is 13.0. The Morgan fingerprint density at radius 2 is 2.05 bits per heavy atom. The fraction of sp³-hybridized carbons (Fsp3) is 0.353. The summed E-state index contributed by atoms with van der Waals surface area (Å²) in [4.78, 5) is 0. The van der Waals surface area contributed by atoms with Gasteiger partial charge in [-0.1, -0.05) is 24.3 Å². The Morgan fingerprint density at radius 1 is 1.20 bits per heavy atom. The summed E-state index contributed by atoms with van der Waals surface area (Å²) in [5.74, 6) is 0.582. The molecule has 0 spiro atoms. The molecule has 20 heavy (non-hydrogen) atoms. The fourth-order valence-corrected chi connectivity index (χ4v) is 2.77. The molecule has 1 atom stereocenters. The van der Waals surface area contributed by atoms with Crippen molar-refractivity contribution in [2.24, 2.45) is 5.92 Å². The molecule has 2 aromatic carbocycles.